The first-order valence-corrected chi connectivity index (χ1v) is 12.2. The van der Waals surface area contributed by atoms with E-state index in [1.165, 1.54) is 24.6 Å². The van der Waals surface area contributed by atoms with Crippen LogP contribution in [-0.2, 0) is 10.0 Å². The standard InChI is InChI=1S/C23H33N3O5S/c1-16(2)26-17(3)13-20(18(26)4)21(27)15-24-9-11-25(12-10-24)32(28,29)23-8-7-19(30-5)14-22(23)31-6/h7-8,13-14,16H,9-12,15H2,1-6H3. The zero-order valence-corrected chi connectivity index (χ0v) is 20.5. The number of methoxy groups -OCH3 is 2. The molecule has 0 unspecified atom stereocenters. The first-order chi connectivity index (χ1) is 15.1. The maximum absolute atomic E-state index is 13.2. The number of aromatic nitrogens is 1. The summed E-state index contributed by atoms with van der Waals surface area (Å²) in [5.41, 5.74) is 2.80. The summed E-state index contributed by atoms with van der Waals surface area (Å²) < 4.78 is 40.4. The van der Waals surface area contributed by atoms with Gasteiger partial charge in [-0.2, -0.15) is 4.31 Å². The zero-order chi connectivity index (χ0) is 23.6. The fourth-order valence-corrected chi connectivity index (χ4v) is 5.96. The Morgan fingerprint density at radius 2 is 1.69 bits per heavy atom. The highest BCUT2D eigenvalue weighted by Crippen LogP contribution is 2.31. The summed E-state index contributed by atoms with van der Waals surface area (Å²) in [6.45, 7) is 10.1. The molecule has 32 heavy (non-hydrogen) atoms. The lowest BCUT2D eigenvalue weighted by atomic mass is 10.1. The van der Waals surface area contributed by atoms with E-state index in [4.69, 9.17) is 9.47 Å². The van der Waals surface area contributed by atoms with Crippen molar-refractivity contribution in [1.29, 1.82) is 0 Å². The van der Waals surface area contributed by atoms with Gasteiger partial charge in [0.25, 0.3) is 0 Å². The molecule has 2 heterocycles. The van der Waals surface area contributed by atoms with Gasteiger partial charge in [-0.05, 0) is 45.9 Å². The van der Waals surface area contributed by atoms with Crippen molar-refractivity contribution in [3.8, 4) is 11.5 Å². The van der Waals surface area contributed by atoms with E-state index in [9.17, 15) is 13.2 Å². The topological polar surface area (TPSA) is 81.1 Å². The maximum atomic E-state index is 13.2. The molecule has 1 fully saturated rings. The van der Waals surface area contributed by atoms with E-state index in [0.29, 0.717) is 38.0 Å². The van der Waals surface area contributed by atoms with Gasteiger partial charge in [0.15, 0.2) is 5.78 Å². The molecule has 2 aromatic rings. The van der Waals surface area contributed by atoms with Crippen molar-refractivity contribution in [3.05, 3.63) is 41.2 Å². The summed E-state index contributed by atoms with van der Waals surface area (Å²) in [7, 11) is -0.759. The minimum atomic E-state index is -3.71. The molecular formula is C23H33N3O5S. The smallest absolute Gasteiger partial charge is 0.246 e. The Morgan fingerprint density at radius 1 is 1.03 bits per heavy atom. The maximum Gasteiger partial charge on any atom is 0.246 e. The quantitative estimate of drug-likeness (QED) is 0.560. The van der Waals surface area contributed by atoms with Crippen molar-refractivity contribution in [2.45, 2.75) is 38.6 Å². The third-order valence-corrected chi connectivity index (χ3v) is 7.93. The Kier molecular flexibility index (Phi) is 7.32. The highest BCUT2D eigenvalue weighted by molar-refractivity contribution is 7.89. The molecule has 0 saturated carbocycles. The number of ether oxygens (including phenoxy) is 2. The minimum absolute atomic E-state index is 0.0677. The van der Waals surface area contributed by atoms with E-state index >= 15 is 0 Å². The van der Waals surface area contributed by atoms with Gasteiger partial charge in [-0.1, -0.05) is 0 Å². The number of carbonyl (C=O) groups is 1. The third-order valence-electron chi connectivity index (χ3n) is 5.99. The monoisotopic (exact) mass is 463 g/mol. The molecule has 1 aromatic carbocycles. The molecule has 0 N–H and O–H groups in total. The second kappa shape index (κ2) is 9.64. The van der Waals surface area contributed by atoms with Crippen molar-refractivity contribution < 1.29 is 22.7 Å². The van der Waals surface area contributed by atoms with E-state index in [2.05, 4.69) is 18.4 Å². The Bertz CT molecular complexity index is 1080. The molecule has 1 aliphatic rings. The summed E-state index contributed by atoms with van der Waals surface area (Å²) in [6.07, 6.45) is 0. The molecule has 176 valence electrons. The average molecular weight is 464 g/mol. The molecule has 1 aliphatic heterocycles. The molecular weight excluding hydrogens is 430 g/mol. The predicted molar refractivity (Wildman–Crippen MR) is 123 cm³/mol. The number of hydrogen-bond donors (Lipinski definition) is 0. The number of carbonyl (C=O) groups excluding carboxylic acids is 1. The molecule has 0 bridgehead atoms. The Hall–Kier alpha value is -2.36. The lowest BCUT2D eigenvalue weighted by molar-refractivity contribution is 0.0901. The van der Waals surface area contributed by atoms with Gasteiger partial charge in [0.1, 0.15) is 16.4 Å². The zero-order valence-electron chi connectivity index (χ0n) is 19.7. The first-order valence-electron chi connectivity index (χ1n) is 10.8. The molecule has 0 amide bonds. The molecule has 0 atom stereocenters. The van der Waals surface area contributed by atoms with Gasteiger partial charge < -0.3 is 14.0 Å². The predicted octanol–water partition coefficient (Wildman–Crippen LogP) is 2.89. The normalized spacial score (nSPS) is 15.8. The van der Waals surface area contributed by atoms with Crippen LogP contribution in [0.3, 0.4) is 0 Å². The Morgan fingerprint density at radius 3 is 2.22 bits per heavy atom. The second-order valence-electron chi connectivity index (χ2n) is 8.37. The number of ketones is 1. The van der Waals surface area contributed by atoms with Crippen molar-refractivity contribution in [2.24, 2.45) is 0 Å². The number of sulfonamides is 1. The molecule has 0 aliphatic carbocycles. The van der Waals surface area contributed by atoms with Crippen LogP contribution in [0.4, 0.5) is 0 Å². The van der Waals surface area contributed by atoms with E-state index in [0.717, 1.165) is 17.0 Å². The van der Waals surface area contributed by atoms with Crippen LogP contribution in [0.15, 0.2) is 29.2 Å². The highest BCUT2D eigenvalue weighted by atomic mass is 32.2. The Balaban J connectivity index is 1.68. The fraction of sp³-hybridized carbons (Fsp3) is 0.522. The van der Waals surface area contributed by atoms with E-state index in [1.807, 2.05) is 24.8 Å². The van der Waals surface area contributed by atoms with Crippen LogP contribution >= 0.6 is 0 Å². The summed E-state index contributed by atoms with van der Waals surface area (Å²) in [6, 6.07) is 6.93. The number of aryl methyl sites for hydroxylation is 1. The fourth-order valence-electron chi connectivity index (χ4n) is 4.40. The summed E-state index contributed by atoms with van der Waals surface area (Å²) in [5.74, 6) is 0.849. The van der Waals surface area contributed by atoms with Gasteiger partial charge in [-0.3, -0.25) is 9.69 Å². The molecule has 0 spiro atoms. The molecule has 9 heteroatoms. The minimum Gasteiger partial charge on any atom is -0.497 e. The van der Waals surface area contributed by atoms with Crippen molar-refractivity contribution in [3.63, 3.8) is 0 Å². The van der Waals surface area contributed by atoms with Crippen LogP contribution in [0.25, 0.3) is 0 Å². The van der Waals surface area contributed by atoms with Gasteiger partial charge in [-0.15, -0.1) is 0 Å². The van der Waals surface area contributed by atoms with Gasteiger partial charge in [0.05, 0.1) is 20.8 Å². The lowest BCUT2D eigenvalue weighted by Crippen LogP contribution is -2.49. The van der Waals surface area contributed by atoms with Gasteiger partial charge in [0, 0.05) is 55.2 Å². The van der Waals surface area contributed by atoms with Crippen LogP contribution in [0, 0.1) is 13.8 Å². The van der Waals surface area contributed by atoms with Crippen LogP contribution < -0.4 is 9.47 Å². The number of piperazine rings is 1. The van der Waals surface area contributed by atoms with Crippen LogP contribution in [0.2, 0.25) is 0 Å². The van der Waals surface area contributed by atoms with Crippen molar-refractivity contribution >= 4 is 15.8 Å². The summed E-state index contributed by atoms with van der Waals surface area (Å²) in [5, 5.41) is 0. The van der Waals surface area contributed by atoms with Crippen LogP contribution in [0.5, 0.6) is 11.5 Å². The molecule has 1 saturated heterocycles. The summed E-state index contributed by atoms with van der Waals surface area (Å²) in [4.78, 5) is 15.1. The highest BCUT2D eigenvalue weighted by Gasteiger charge is 2.32. The van der Waals surface area contributed by atoms with Crippen molar-refractivity contribution in [2.75, 3.05) is 46.9 Å². The number of nitrogens with zero attached hydrogens (tertiary/aromatic N) is 3. The van der Waals surface area contributed by atoms with Gasteiger partial charge in [0.2, 0.25) is 10.0 Å². The SMILES string of the molecule is COc1ccc(S(=O)(=O)N2CCN(CC(=O)c3cc(C)n(C(C)C)c3C)CC2)c(OC)c1. The van der Waals surface area contributed by atoms with Crippen LogP contribution in [0.1, 0.15) is 41.6 Å². The Labute approximate surface area is 190 Å². The number of Topliss-reactive ketones (excluding diaryl/α,β-unsaturated/α-hetero) is 1. The number of hydrogen-bond acceptors (Lipinski definition) is 6. The lowest BCUT2D eigenvalue weighted by Gasteiger charge is -2.33. The molecule has 0 radical (unpaired) electrons. The van der Waals surface area contributed by atoms with E-state index < -0.39 is 10.0 Å². The number of rotatable bonds is 8. The second-order valence-corrected chi connectivity index (χ2v) is 10.3. The molecule has 1 aromatic heterocycles. The van der Waals surface area contributed by atoms with Crippen LogP contribution in [-0.4, -0.2) is 74.9 Å². The molecule has 3 rings (SSSR count). The average Bonchev–Trinajstić information content (AvgIpc) is 3.07. The van der Waals surface area contributed by atoms with E-state index in [1.54, 1.807) is 12.1 Å². The van der Waals surface area contributed by atoms with Gasteiger partial charge in [-0.25, -0.2) is 8.42 Å². The molecule has 8 nitrogen and oxygen atoms in total. The number of benzene rings is 1. The van der Waals surface area contributed by atoms with E-state index in [-0.39, 0.29) is 23.0 Å². The third kappa shape index (κ3) is 4.69. The van der Waals surface area contributed by atoms with Crippen molar-refractivity contribution in [1.82, 2.24) is 13.8 Å². The van der Waals surface area contributed by atoms with Gasteiger partial charge >= 0.3 is 0 Å². The summed E-state index contributed by atoms with van der Waals surface area (Å²) >= 11 is 0. The largest absolute Gasteiger partial charge is 0.497 e. The first kappa shape index (κ1) is 24.3.